The summed E-state index contributed by atoms with van der Waals surface area (Å²) in [4.78, 5) is 15.5. The number of rotatable bonds is 5. The van der Waals surface area contributed by atoms with Crippen LogP contribution in [0.4, 0.5) is 0 Å². The van der Waals surface area contributed by atoms with E-state index in [2.05, 4.69) is 14.4 Å². The molecule has 0 aliphatic heterocycles. The Balaban J connectivity index is 1.75. The summed E-state index contributed by atoms with van der Waals surface area (Å²) in [6.45, 7) is -0.436. The van der Waals surface area contributed by atoms with E-state index in [9.17, 15) is 13.2 Å². The van der Waals surface area contributed by atoms with Crippen LogP contribution in [0.1, 0.15) is 0 Å². The van der Waals surface area contributed by atoms with Gasteiger partial charge in [0.1, 0.15) is 22.7 Å². The second-order valence-corrected chi connectivity index (χ2v) is 8.37. The van der Waals surface area contributed by atoms with Crippen molar-refractivity contribution in [2.45, 2.75) is 4.90 Å². The van der Waals surface area contributed by atoms with Crippen molar-refractivity contribution >= 4 is 49.3 Å². The fourth-order valence-electron chi connectivity index (χ4n) is 2.73. The molecule has 4 rings (SSSR count). The Morgan fingerprint density at radius 1 is 1.19 bits per heavy atom. The molecule has 0 aliphatic carbocycles. The highest BCUT2D eigenvalue weighted by molar-refractivity contribution is 7.89. The van der Waals surface area contributed by atoms with E-state index in [1.807, 2.05) is 23.6 Å². The van der Waals surface area contributed by atoms with Crippen LogP contribution in [0.5, 0.6) is 0 Å². The molecule has 0 spiro atoms. The van der Waals surface area contributed by atoms with Gasteiger partial charge in [0.05, 0.1) is 12.0 Å². The van der Waals surface area contributed by atoms with Crippen molar-refractivity contribution in [1.82, 2.24) is 9.71 Å². The van der Waals surface area contributed by atoms with Crippen LogP contribution in [0.25, 0.3) is 32.5 Å². The quantitative estimate of drug-likeness (QED) is 0.515. The van der Waals surface area contributed by atoms with Gasteiger partial charge in [0, 0.05) is 34.0 Å². The molecule has 0 fully saturated rings. The number of nitrogens with zero attached hydrogens (tertiary/aromatic N) is 1. The van der Waals surface area contributed by atoms with Crippen LogP contribution < -0.4 is 4.72 Å². The molecule has 0 aliphatic rings. The van der Waals surface area contributed by atoms with Crippen LogP contribution in [0.3, 0.4) is 0 Å². The zero-order valence-electron chi connectivity index (χ0n) is 14.1. The van der Waals surface area contributed by atoms with Gasteiger partial charge in [0.2, 0.25) is 10.0 Å². The molecule has 0 amide bonds. The van der Waals surface area contributed by atoms with Crippen molar-refractivity contribution in [2.24, 2.45) is 0 Å². The summed E-state index contributed by atoms with van der Waals surface area (Å²) < 4.78 is 37.2. The number of carbonyl (C=O) groups excluding carboxylic acids is 1. The number of aromatic nitrogens is 1. The van der Waals surface area contributed by atoms with E-state index in [0.717, 1.165) is 21.3 Å². The number of benzene rings is 2. The van der Waals surface area contributed by atoms with E-state index < -0.39 is 22.5 Å². The lowest BCUT2D eigenvalue weighted by molar-refractivity contribution is -0.139. The number of hydrogen-bond donors (Lipinski definition) is 1. The van der Waals surface area contributed by atoms with E-state index in [1.165, 1.54) is 19.2 Å². The van der Waals surface area contributed by atoms with E-state index in [0.29, 0.717) is 11.2 Å². The lowest BCUT2D eigenvalue weighted by Crippen LogP contribution is -2.30. The molecule has 2 heterocycles. The van der Waals surface area contributed by atoms with Crippen LogP contribution >= 0.6 is 11.3 Å². The number of fused-ring (bicyclic) bond motifs is 3. The molecular weight excluding hydrogens is 388 g/mol. The number of furan rings is 1. The highest BCUT2D eigenvalue weighted by atomic mass is 32.2. The van der Waals surface area contributed by atoms with Crippen molar-refractivity contribution in [2.75, 3.05) is 13.7 Å². The number of methoxy groups -OCH3 is 1. The van der Waals surface area contributed by atoms with E-state index in [1.54, 1.807) is 23.6 Å². The van der Waals surface area contributed by atoms with Gasteiger partial charge in [0.25, 0.3) is 0 Å². The monoisotopic (exact) mass is 402 g/mol. The zero-order chi connectivity index (χ0) is 19.0. The number of hydrogen-bond acceptors (Lipinski definition) is 7. The molecule has 0 bridgehead atoms. The average Bonchev–Trinajstić information content (AvgIpc) is 3.32. The molecule has 4 aromatic rings. The van der Waals surface area contributed by atoms with Gasteiger partial charge in [0.15, 0.2) is 0 Å². The Morgan fingerprint density at radius 3 is 2.78 bits per heavy atom. The molecule has 0 saturated heterocycles. The number of sulfonamides is 1. The van der Waals surface area contributed by atoms with Crippen LogP contribution in [-0.2, 0) is 19.6 Å². The van der Waals surface area contributed by atoms with E-state index in [4.69, 9.17) is 4.42 Å². The van der Waals surface area contributed by atoms with Crippen molar-refractivity contribution in [3.05, 3.63) is 48.0 Å². The molecule has 138 valence electrons. The van der Waals surface area contributed by atoms with Gasteiger partial charge in [-0.2, -0.15) is 4.72 Å². The fraction of sp³-hybridized carbons (Fsp3) is 0.111. The molecule has 2 aromatic carbocycles. The number of ether oxygens (including phenoxy) is 1. The number of carbonyl (C=O) groups is 1. The minimum absolute atomic E-state index is 0.0121. The maximum absolute atomic E-state index is 12.4. The predicted molar refractivity (Wildman–Crippen MR) is 102 cm³/mol. The number of nitrogens with one attached hydrogen (secondary N) is 1. The number of thiazole rings is 1. The molecule has 0 atom stereocenters. The smallest absolute Gasteiger partial charge is 0.320 e. The Labute approximate surface area is 158 Å². The normalized spacial score (nSPS) is 11.9. The summed E-state index contributed by atoms with van der Waals surface area (Å²) >= 11 is 1.54. The molecule has 0 saturated carbocycles. The van der Waals surface area contributed by atoms with Crippen LogP contribution in [0.2, 0.25) is 0 Å². The van der Waals surface area contributed by atoms with Crippen LogP contribution in [0.15, 0.2) is 57.3 Å². The molecule has 9 heteroatoms. The summed E-state index contributed by atoms with van der Waals surface area (Å²) in [6, 6.07) is 10.4. The third-order valence-electron chi connectivity index (χ3n) is 4.07. The maximum Gasteiger partial charge on any atom is 0.320 e. The lowest BCUT2D eigenvalue weighted by Gasteiger charge is -2.05. The van der Waals surface area contributed by atoms with Crippen molar-refractivity contribution in [3.8, 4) is 10.6 Å². The van der Waals surface area contributed by atoms with E-state index >= 15 is 0 Å². The van der Waals surface area contributed by atoms with Crippen molar-refractivity contribution in [1.29, 1.82) is 0 Å². The van der Waals surface area contributed by atoms with Gasteiger partial charge in [-0.15, -0.1) is 11.3 Å². The molecule has 2 aromatic heterocycles. The minimum Gasteiger partial charge on any atom is -0.468 e. The fourth-order valence-corrected chi connectivity index (χ4v) is 4.35. The van der Waals surface area contributed by atoms with Crippen LogP contribution in [-0.4, -0.2) is 33.0 Å². The molecular formula is C18H14N2O5S2. The van der Waals surface area contributed by atoms with Gasteiger partial charge in [-0.05, 0) is 30.3 Å². The van der Waals surface area contributed by atoms with Gasteiger partial charge >= 0.3 is 5.97 Å². The zero-order valence-corrected chi connectivity index (χ0v) is 15.8. The summed E-state index contributed by atoms with van der Waals surface area (Å²) in [7, 11) is -2.67. The number of esters is 1. The first kappa shape index (κ1) is 17.7. The lowest BCUT2D eigenvalue weighted by atomic mass is 10.1. The third-order valence-corrected chi connectivity index (χ3v) is 6.29. The van der Waals surface area contributed by atoms with Gasteiger partial charge in [-0.3, -0.25) is 4.79 Å². The largest absolute Gasteiger partial charge is 0.468 e. The van der Waals surface area contributed by atoms with Crippen molar-refractivity contribution < 1.29 is 22.4 Å². The second-order valence-electron chi connectivity index (χ2n) is 5.71. The highest BCUT2D eigenvalue weighted by Gasteiger charge is 2.18. The minimum atomic E-state index is -3.86. The predicted octanol–water partition coefficient (Wildman–Crippen LogP) is 3.16. The van der Waals surface area contributed by atoms with E-state index in [-0.39, 0.29) is 4.90 Å². The molecule has 1 N–H and O–H groups in total. The van der Waals surface area contributed by atoms with Gasteiger partial charge in [-0.1, -0.05) is 0 Å². The van der Waals surface area contributed by atoms with Crippen molar-refractivity contribution in [3.63, 3.8) is 0 Å². The highest BCUT2D eigenvalue weighted by Crippen LogP contribution is 2.33. The first-order valence-electron chi connectivity index (χ1n) is 7.90. The Kier molecular flexibility index (Phi) is 4.42. The van der Waals surface area contributed by atoms with Gasteiger partial charge < -0.3 is 9.15 Å². The summed E-state index contributed by atoms with van der Waals surface area (Å²) in [5.74, 6) is -0.668. The SMILES string of the molecule is COC(=O)CNS(=O)(=O)c1ccc2c(c1)oc1ccc(-c3nccs3)cc12. The average molecular weight is 402 g/mol. The third kappa shape index (κ3) is 3.32. The Morgan fingerprint density at radius 2 is 2.04 bits per heavy atom. The first-order chi connectivity index (χ1) is 13.0. The van der Waals surface area contributed by atoms with Crippen LogP contribution in [0, 0.1) is 0 Å². The summed E-state index contributed by atoms with van der Waals surface area (Å²) in [5.41, 5.74) is 2.07. The standard InChI is InChI=1S/C18H14N2O5S2/c1-24-17(21)10-20-27(22,23)12-3-4-13-14-8-11(18-19-6-7-26-18)2-5-15(14)25-16(13)9-12/h2-9,20H,10H2,1H3. The summed E-state index contributed by atoms with van der Waals surface area (Å²) in [6.07, 6.45) is 1.75. The second kappa shape index (κ2) is 6.76. The summed E-state index contributed by atoms with van der Waals surface area (Å²) in [5, 5.41) is 4.49. The Hall–Kier alpha value is -2.75. The topological polar surface area (TPSA) is 98.5 Å². The first-order valence-corrected chi connectivity index (χ1v) is 10.3. The maximum atomic E-state index is 12.4. The molecule has 0 radical (unpaired) electrons. The van der Waals surface area contributed by atoms with Gasteiger partial charge in [-0.25, -0.2) is 13.4 Å². The Bertz CT molecular complexity index is 1240. The molecule has 7 nitrogen and oxygen atoms in total. The molecule has 27 heavy (non-hydrogen) atoms. The molecule has 0 unspecified atom stereocenters.